The zero-order valence-corrected chi connectivity index (χ0v) is 8.44. The second-order valence-electron chi connectivity index (χ2n) is 3.21. The third-order valence-corrected chi connectivity index (χ3v) is 1.98. The smallest absolute Gasteiger partial charge is 0.0913 e. The molecule has 0 saturated heterocycles. The maximum atomic E-state index is 9.10. The van der Waals surface area contributed by atoms with Gasteiger partial charge in [0.15, 0.2) is 0 Å². The van der Waals surface area contributed by atoms with Crippen LogP contribution in [0.5, 0.6) is 0 Å². The summed E-state index contributed by atoms with van der Waals surface area (Å²) in [6, 6.07) is 11.8. The molecular weight excluding hydrogens is 190 g/mol. The Balaban J connectivity index is 0.00000112. The van der Waals surface area contributed by atoms with Gasteiger partial charge in [-0.25, -0.2) is 4.98 Å². The molecule has 1 heterocycles. The lowest BCUT2D eigenvalue weighted by atomic mass is 10.2. The van der Waals surface area contributed by atoms with Crippen LogP contribution in [0.15, 0.2) is 42.2 Å². The van der Waals surface area contributed by atoms with Gasteiger partial charge in [-0.2, -0.15) is 0 Å². The number of para-hydroxylation sites is 1. The molecule has 0 bridgehead atoms. The lowest BCUT2D eigenvalue weighted by Gasteiger charge is -1.98. The number of fused-ring (bicyclic) bond motifs is 1. The van der Waals surface area contributed by atoms with Crippen molar-refractivity contribution in [3.63, 3.8) is 0 Å². The van der Waals surface area contributed by atoms with Gasteiger partial charge >= 0.3 is 0 Å². The van der Waals surface area contributed by atoms with Crippen LogP contribution < -0.4 is 0 Å². The number of benzene rings is 1. The Morgan fingerprint density at radius 2 is 1.93 bits per heavy atom. The van der Waals surface area contributed by atoms with Gasteiger partial charge in [0.05, 0.1) is 17.0 Å². The minimum atomic E-state index is 0. The van der Waals surface area contributed by atoms with E-state index < -0.39 is 0 Å². The van der Waals surface area contributed by atoms with Crippen LogP contribution in [0.3, 0.4) is 0 Å². The second-order valence-corrected chi connectivity index (χ2v) is 3.21. The molecule has 0 aliphatic heterocycles. The number of rotatable bonds is 1. The lowest BCUT2D eigenvalue weighted by Crippen LogP contribution is -1.83. The Morgan fingerprint density at radius 1 is 1.20 bits per heavy atom. The van der Waals surface area contributed by atoms with Gasteiger partial charge in [0.2, 0.25) is 0 Å². The number of aromatic nitrogens is 1. The molecule has 0 spiro atoms. The molecule has 1 aromatic carbocycles. The molecule has 2 rings (SSSR count). The van der Waals surface area contributed by atoms with E-state index in [9.17, 15) is 0 Å². The van der Waals surface area contributed by atoms with Crippen molar-refractivity contribution in [2.45, 2.75) is 6.92 Å². The summed E-state index contributed by atoms with van der Waals surface area (Å²) in [6.45, 7) is 1.64. The first-order valence-corrected chi connectivity index (χ1v) is 4.49. The highest BCUT2D eigenvalue weighted by Gasteiger charge is 1.94. The van der Waals surface area contributed by atoms with Crippen LogP contribution in [-0.4, -0.2) is 15.6 Å². The second kappa shape index (κ2) is 4.57. The fourth-order valence-corrected chi connectivity index (χ4v) is 1.38. The molecule has 78 valence electrons. The minimum absolute atomic E-state index is 0. The number of allylic oxidation sites excluding steroid dienone is 1. The monoisotopic (exact) mass is 203 g/mol. The van der Waals surface area contributed by atoms with Gasteiger partial charge in [0.1, 0.15) is 0 Å². The number of pyridine rings is 1. The first-order chi connectivity index (χ1) is 6.75. The molecule has 0 unspecified atom stereocenters. The Hall–Kier alpha value is -1.87. The quantitative estimate of drug-likeness (QED) is 0.723. The molecular formula is C12H13NO2. The zero-order chi connectivity index (χ0) is 9.97. The Kier molecular flexibility index (Phi) is 3.42. The van der Waals surface area contributed by atoms with Gasteiger partial charge in [-0.1, -0.05) is 24.3 Å². The van der Waals surface area contributed by atoms with E-state index >= 15 is 0 Å². The highest BCUT2D eigenvalue weighted by molar-refractivity contribution is 5.79. The molecule has 2 aromatic rings. The molecule has 0 amide bonds. The van der Waals surface area contributed by atoms with E-state index in [1.807, 2.05) is 36.4 Å². The zero-order valence-electron chi connectivity index (χ0n) is 8.44. The van der Waals surface area contributed by atoms with E-state index in [2.05, 4.69) is 4.98 Å². The van der Waals surface area contributed by atoms with Crippen molar-refractivity contribution < 1.29 is 10.6 Å². The summed E-state index contributed by atoms with van der Waals surface area (Å²) in [5, 5.41) is 10.2. The summed E-state index contributed by atoms with van der Waals surface area (Å²) >= 11 is 0. The van der Waals surface area contributed by atoms with Crippen LogP contribution in [0.1, 0.15) is 12.6 Å². The highest BCUT2D eigenvalue weighted by Crippen LogP contribution is 2.12. The fourth-order valence-electron chi connectivity index (χ4n) is 1.38. The average Bonchev–Trinajstić information content (AvgIpc) is 2.17. The van der Waals surface area contributed by atoms with Crippen molar-refractivity contribution in [3.05, 3.63) is 47.9 Å². The van der Waals surface area contributed by atoms with Gasteiger partial charge in [-0.3, -0.25) is 0 Å². The Labute approximate surface area is 88.0 Å². The normalized spacial score (nSPS) is 11.1. The van der Waals surface area contributed by atoms with Gasteiger partial charge in [-0.05, 0) is 19.1 Å². The third-order valence-electron chi connectivity index (χ3n) is 1.98. The largest absolute Gasteiger partial charge is 0.513 e. The van der Waals surface area contributed by atoms with Crippen molar-refractivity contribution in [2.24, 2.45) is 0 Å². The van der Waals surface area contributed by atoms with Gasteiger partial charge in [0, 0.05) is 11.5 Å². The lowest BCUT2D eigenvalue weighted by molar-refractivity contribution is 0.419. The van der Waals surface area contributed by atoms with Crippen molar-refractivity contribution >= 4 is 17.0 Å². The van der Waals surface area contributed by atoms with Gasteiger partial charge < -0.3 is 10.6 Å². The maximum Gasteiger partial charge on any atom is 0.0913 e. The first kappa shape index (κ1) is 11.2. The topological polar surface area (TPSA) is 64.6 Å². The summed E-state index contributed by atoms with van der Waals surface area (Å²) in [6.07, 6.45) is 1.65. The van der Waals surface area contributed by atoms with Crippen LogP contribution in [0, 0.1) is 0 Å². The SMILES string of the molecule is C/C(O)=C/c1ccc2ccccc2n1.O. The number of hydrogen-bond acceptors (Lipinski definition) is 2. The predicted octanol–water partition coefficient (Wildman–Crippen LogP) is 2.33. The fraction of sp³-hybridized carbons (Fsp3) is 0.0833. The van der Waals surface area contributed by atoms with E-state index in [1.54, 1.807) is 13.0 Å². The van der Waals surface area contributed by atoms with E-state index in [0.717, 1.165) is 16.6 Å². The van der Waals surface area contributed by atoms with Gasteiger partial charge in [-0.15, -0.1) is 0 Å². The Morgan fingerprint density at radius 3 is 2.67 bits per heavy atom. The van der Waals surface area contributed by atoms with Crippen LogP contribution in [0.2, 0.25) is 0 Å². The van der Waals surface area contributed by atoms with Crippen LogP contribution in [0.25, 0.3) is 17.0 Å². The first-order valence-electron chi connectivity index (χ1n) is 4.49. The van der Waals surface area contributed by atoms with E-state index in [1.165, 1.54) is 0 Å². The predicted molar refractivity (Wildman–Crippen MR) is 61.6 cm³/mol. The van der Waals surface area contributed by atoms with Crippen LogP contribution >= 0.6 is 0 Å². The number of nitrogens with zero attached hydrogens (tertiary/aromatic N) is 1. The summed E-state index contributed by atoms with van der Waals surface area (Å²) < 4.78 is 0. The Bertz CT molecular complexity index is 488. The van der Waals surface area contributed by atoms with Crippen molar-refractivity contribution in [3.8, 4) is 0 Å². The molecule has 0 radical (unpaired) electrons. The van der Waals surface area contributed by atoms with Gasteiger partial charge in [0.25, 0.3) is 0 Å². The molecule has 3 nitrogen and oxygen atoms in total. The van der Waals surface area contributed by atoms with E-state index in [0.29, 0.717) is 0 Å². The average molecular weight is 203 g/mol. The molecule has 0 atom stereocenters. The summed E-state index contributed by atoms with van der Waals surface area (Å²) in [7, 11) is 0. The summed E-state index contributed by atoms with van der Waals surface area (Å²) in [5.41, 5.74) is 1.73. The highest BCUT2D eigenvalue weighted by atomic mass is 16.3. The van der Waals surface area contributed by atoms with Crippen molar-refractivity contribution in [1.29, 1.82) is 0 Å². The standard InChI is InChI=1S/C12H11NO.H2O/c1-9(14)8-11-7-6-10-4-2-3-5-12(10)13-11;/h2-8,14H,1H3;1H2/b9-8-;. The number of aliphatic hydroxyl groups excluding tert-OH is 1. The van der Waals surface area contributed by atoms with Crippen molar-refractivity contribution in [1.82, 2.24) is 4.98 Å². The number of aliphatic hydroxyl groups is 1. The van der Waals surface area contributed by atoms with E-state index in [4.69, 9.17) is 5.11 Å². The molecule has 0 aliphatic rings. The molecule has 15 heavy (non-hydrogen) atoms. The molecule has 0 fully saturated rings. The summed E-state index contributed by atoms with van der Waals surface area (Å²) in [4.78, 5) is 4.38. The minimum Gasteiger partial charge on any atom is -0.513 e. The molecule has 3 N–H and O–H groups in total. The van der Waals surface area contributed by atoms with Crippen LogP contribution in [-0.2, 0) is 0 Å². The molecule has 1 aromatic heterocycles. The molecule has 0 aliphatic carbocycles. The van der Waals surface area contributed by atoms with E-state index in [-0.39, 0.29) is 11.2 Å². The third kappa shape index (κ3) is 2.54. The van der Waals surface area contributed by atoms with Crippen molar-refractivity contribution in [2.75, 3.05) is 0 Å². The molecule has 3 heteroatoms. The molecule has 0 saturated carbocycles. The maximum absolute atomic E-state index is 9.10. The number of hydrogen-bond donors (Lipinski definition) is 1. The summed E-state index contributed by atoms with van der Waals surface area (Å²) in [5.74, 6) is 0.271. The van der Waals surface area contributed by atoms with Crippen LogP contribution in [0.4, 0.5) is 0 Å².